The van der Waals surface area contributed by atoms with Crippen molar-refractivity contribution in [2.45, 2.75) is 0 Å². The zero-order valence-electron chi connectivity index (χ0n) is 17.7. The Morgan fingerprint density at radius 3 is 2.53 bits per heavy atom. The predicted molar refractivity (Wildman–Crippen MR) is 125 cm³/mol. The average Bonchev–Trinajstić information content (AvgIpc) is 3.01. The Hall–Kier alpha value is -4.25. The van der Waals surface area contributed by atoms with Gasteiger partial charge in [-0.15, -0.1) is 0 Å². The van der Waals surface area contributed by atoms with Gasteiger partial charge < -0.3 is 10.0 Å². The van der Waals surface area contributed by atoms with Gasteiger partial charge in [0.05, 0.1) is 16.5 Å². The van der Waals surface area contributed by atoms with Crippen LogP contribution >= 0.6 is 0 Å². The first-order chi connectivity index (χ1) is 15.5. The van der Waals surface area contributed by atoms with Crippen LogP contribution in [0, 0.1) is 0 Å². The first kappa shape index (κ1) is 19.7. The van der Waals surface area contributed by atoms with E-state index in [2.05, 4.69) is 0 Å². The molecule has 1 aliphatic carbocycles. The number of carbonyl (C=O) groups excluding carboxylic acids is 2. The minimum absolute atomic E-state index is 0.0195. The molecule has 0 amide bonds. The van der Waals surface area contributed by atoms with Gasteiger partial charge in [-0.2, -0.15) is 0 Å². The fourth-order valence-corrected chi connectivity index (χ4v) is 4.21. The number of anilines is 1. The molecular weight excluding hydrogens is 400 g/mol. The molecule has 0 bridgehead atoms. The molecule has 32 heavy (non-hydrogen) atoms. The van der Waals surface area contributed by atoms with Crippen molar-refractivity contribution >= 4 is 39.8 Å². The standard InChI is InChI=1S/C27H20N2O3/c1-28-13-11-17(19-7-3-5-9-23(19)28)15-21-25(30)22(27(32)26(21)31)16-18-12-14-29(2)24-10-6-4-8-20(18)24/h3-16H,1-2H3/p+1. The summed E-state index contributed by atoms with van der Waals surface area (Å²) in [5, 5.41) is 11.8. The van der Waals surface area contributed by atoms with Gasteiger partial charge in [-0.05, 0) is 41.5 Å². The van der Waals surface area contributed by atoms with E-state index in [1.165, 1.54) is 0 Å². The Morgan fingerprint density at radius 1 is 0.938 bits per heavy atom. The van der Waals surface area contributed by atoms with Crippen LogP contribution in [0.25, 0.3) is 22.6 Å². The molecule has 0 saturated carbocycles. The number of aliphatic hydroxyl groups excluding tert-OH is 1. The zero-order valence-corrected chi connectivity index (χ0v) is 17.7. The molecule has 2 heterocycles. The van der Waals surface area contributed by atoms with E-state index in [-0.39, 0.29) is 16.9 Å². The number of hydrogen-bond acceptors (Lipinski definition) is 4. The number of allylic oxidation sites excluding steroid dienone is 5. The van der Waals surface area contributed by atoms with Crippen molar-refractivity contribution in [2.24, 2.45) is 7.05 Å². The summed E-state index contributed by atoms with van der Waals surface area (Å²) in [6.07, 6.45) is 8.84. The highest BCUT2D eigenvalue weighted by Crippen LogP contribution is 2.35. The normalized spacial score (nSPS) is 18.4. The molecule has 0 fully saturated rings. The van der Waals surface area contributed by atoms with E-state index in [1.54, 1.807) is 12.2 Å². The maximum absolute atomic E-state index is 12.8. The maximum Gasteiger partial charge on any atom is 0.237 e. The third-order valence-corrected chi connectivity index (χ3v) is 5.95. The monoisotopic (exact) mass is 421 g/mol. The quantitative estimate of drug-likeness (QED) is 0.385. The fraction of sp³-hybridized carbons (Fsp3) is 0.0741. The summed E-state index contributed by atoms with van der Waals surface area (Å²) in [6.45, 7) is 0. The zero-order chi connectivity index (χ0) is 22.4. The summed E-state index contributed by atoms with van der Waals surface area (Å²) in [7, 11) is 3.89. The van der Waals surface area contributed by atoms with E-state index < -0.39 is 11.6 Å². The molecule has 2 aromatic carbocycles. The second-order valence-electron chi connectivity index (χ2n) is 7.92. The number of nitrogens with zero attached hydrogens (tertiary/aromatic N) is 2. The van der Waals surface area contributed by atoms with Crippen LogP contribution in [-0.4, -0.2) is 23.7 Å². The first-order valence-electron chi connectivity index (χ1n) is 10.3. The largest absolute Gasteiger partial charge is 0.506 e. The SMILES string of the molecule is CN1C=CC(=CC2=C(O)C(=Cc3cc[n+](C)c4ccccc34)C(=O)C2=O)c2ccccc21. The summed E-state index contributed by atoms with van der Waals surface area (Å²) >= 11 is 0. The number of pyridine rings is 1. The van der Waals surface area contributed by atoms with Gasteiger partial charge in [0.2, 0.25) is 17.1 Å². The van der Waals surface area contributed by atoms with Gasteiger partial charge >= 0.3 is 0 Å². The van der Waals surface area contributed by atoms with Crippen molar-refractivity contribution in [3.05, 3.63) is 107 Å². The van der Waals surface area contributed by atoms with Crippen molar-refractivity contribution in [1.29, 1.82) is 0 Å². The van der Waals surface area contributed by atoms with E-state index in [4.69, 9.17) is 0 Å². The predicted octanol–water partition coefficient (Wildman–Crippen LogP) is 4.06. The smallest absolute Gasteiger partial charge is 0.237 e. The van der Waals surface area contributed by atoms with Crippen LogP contribution in [0.15, 0.2) is 96.1 Å². The lowest BCUT2D eigenvalue weighted by molar-refractivity contribution is -0.644. The topological polar surface area (TPSA) is 61.5 Å². The van der Waals surface area contributed by atoms with E-state index in [0.29, 0.717) is 0 Å². The molecule has 5 nitrogen and oxygen atoms in total. The molecule has 3 aromatic rings. The second kappa shape index (κ2) is 7.46. The number of ketones is 2. The molecular formula is C27H21N2O3+. The van der Waals surface area contributed by atoms with Crippen molar-refractivity contribution in [1.82, 2.24) is 0 Å². The van der Waals surface area contributed by atoms with Crippen molar-refractivity contribution in [2.75, 3.05) is 11.9 Å². The minimum atomic E-state index is -0.697. The van der Waals surface area contributed by atoms with Crippen molar-refractivity contribution in [3.8, 4) is 0 Å². The Labute approximate surface area is 185 Å². The molecule has 1 aliphatic heterocycles. The molecule has 5 heteroatoms. The Kier molecular flexibility index (Phi) is 4.59. The lowest BCUT2D eigenvalue weighted by atomic mass is 9.97. The third kappa shape index (κ3) is 3.06. The summed E-state index contributed by atoms with van der Waals surface area (Å²) in [5.41, 5.74) is 4.46. The Morgan fingerprint density at radius 2 is 1.69 bits per heavy atom. The summed E-state index contributed by atoms with van der Waals surface area (Å²) in [6, 6.07) is 17.5. The van der Waals surface area contributed by atoms with Gasteiger partial charge in [-0.25, -0.2) is 4.57 Å². The Balaban J connectivity index is 1.64. The second-order valence-corrected chi connectivity index (χ2v) is 7.92. The van der Waals surface area contributed by atoms with Crippen LogP contribution in [0.4, 0.5) is 5.69 Å². The van der Waals surface area contributed by atoms with Gasteiger partial charge in [-0.1, -0.05) is 30.3 Å². The van der Waals surface area contributed by atoms with Crippen LogP contribution in [0.2, 0.25) is 0 Å². The summed E-state index contributed by atoms with van der Waals surface area (Å²) in [5.74, 6) is -1.68. The van der Waals surface area contributed by atoms with Crippen LogP contribution in [0.5, 0.6) is 0 Å². The lowest BCUT2D eigenvalue weighted by Crippen LogP contribution is -2.28. The highest BCUT2D eigenvalue weighted by Gasteiger charge is 2.36. The van der Waals surface area contributed by atoms with Gasteiger partial charge in [0.1, 0.15) is 12.8 Å². The van der Waals surface area contributed by atoms with E-state index in [0.717, 1.165) is 33.3 Å². The number of Topliss-reactive ketones (excluding diaryl/α,β-unsaturated/α-hetero) is 2. The number of para-hydroxylation sites is 2. The first-order valence-corrected chi connectivity index (χ1v) is 10.3. The molecule has 5 rings (SSSR count). The number of benzene rings is 2. The number of aliphatic hydroxyl groups is 1. The minimum Gasteiger partial charge on any atom is -0.506 e. The molecule has 0 spiro atoms. The number of fused-ring (bicyclic) bond motifs is 2. The molecule has 1 aromatic heterocycles. The van der Waals surface area contributed by atoms with Gasteiger partial charge in [0, 0.05) is 36.6 Å². The maximum atomic E-state index is 12.8. The van der Waals surface area contributed by atoms with Crippen molar-refractivity contribution in [3.63, 3.8) is 0 Å². The highest BCUT2D eigenvalue weighted by molar-refractivity contribution is 6.54. The van der Waals surface area contributed by atoms with Gasteiger partial charge in [0.25, 0.3) is 0 Å². The molecule has 156 valence electrons. The van der Waals surface area contributed by atoms with Crippen LogP contribution < -0.4 is 9.47 Å². The van der Waals surface area contributed by atoms with E-state index in [1.807, 2.05) is 96.6 Å². The van der Waals surface area contributed by atoms with Gasteiger partial charge in [-0.3, -0.25) is 9.59 Å². The number of hydrogen-bond donors (Lipinski definition) is 1. The number of aryl methyl sites for hydroxylation is 1. The number of carbonyl (C=O) groups is 2. The van der Waals surface area contributed by atoms with Crippen LogP contribution in [0.1, 0.15) is 11.1 Å². The van der Waals surface area contributed by atoms with Crippen LogP contribution in [-0.2, 0) is 16.6 Å². The highest BCUT2D eigenvalue weighted by atomic mass is 16.3. The van der Waals surface area contributed by atoms with E-state index >= 15 is 0 Å². The molecule has 2 aliphatic rings. The molecule has 0 saturated heterocycles. The molecule has 0 atom stereocenters. The average molecular weight is 421 g/mol. The fourth-order valence-electron chi connectivity index (χ4n) is 4.21. The molecule has 0 unspecified atom stereocenters. The number of rotatable bonds is 2. The third-order valence-electron chi connectivity index (χ3n) is 5.95. The van der Waals surface area contributed by atoms with Crippen LogP contribution in [0.3, 0.4) is 0 Å². The summed E-state index contributed by atoms with van der Waals surface area (Å²) < 4.78 is 1.98. The number of aromatic nitrogens is 1. The summed E-state index contributed by atoms with van der Waals surface area (Å²) in [4.78, 5) is 27.6. The lowest BCUT2D eigenvalue weighted by Gasteiger charge is -2.23. The molecule has 0 radical (unpaired) electrons. The van der Waals surface area contributed by atoms with Gasteiger partial charge in [0.15, 0.2) is 6.20 Å². The Bertz CT molecular complexity index is 1440. The molecule has 1 N–H and O–H groups in total. The van der Waals surface area contributed by atoms with E-state index in [9.17, 15) is 14.7 Å². The van der Waals surface area contributed by atoms with Crippen molar-refractivity contribution < 1.29 is 19.3 Å².